The van der Waals surface area contributed by atoms with Gasteiger partial charge in [0.25, 0.3) is 5.91 Å². The molecule has 5 fully saturated rings. The first-order chi connectivity index (χ1) is 27.5. The topological polar surface area (TPSA) is 159 Å². The Balaban J connectivity index is 1.08. The summed E-state index contributed by atoms with van der Waals surface area (Å²) in [5.41, 5.74) is 0.610. The molecule has 5 saturated carbocycles. The molecular formula is C48H67ClN2O8. The Labute approximate surface area is 355 Å². The molecule has 11 heteroatoms. The molecule has 324 valence electrons. The molecule has 0 radical (unpaired) electrons. The highest BCUT2D eigenvalue weighted by molar-refractivity contribution is 6.30. The molecule has 11 atom stereocenters. The lowest BCUT2D eigenvalue weighted by Gasteiger charge is -2.72. The Bertz CT molecular complexity index is 1940. The van der Waals surface area contributed by atoms with E-state index in [0.29, 0.717) is 35.3 Å². The number of hydrogen-bond acceptors (Lipinski definition) is 7. The Morgan fingerprint density at radius 1 is 0.831 bits per heavy atom. The SMILES string of the molecule is CC(C)C1=C2[C@H]3CC[C@@H]4[C@@]5(C)CC[C@H](OC(=O)[C@H]6C[C@@H](C(=O)O)C6(C)C)C(C)(C)[C@@H]5CC[C@@]4(C)[C@]3(C)CC[C@@]2([C@@H](O)CNC(=O)CNC(=O)c2ccc(Cl)cc2)CC1=O. The molecule has 0 saturated heterocycles. The van der Waals surface area contributed by atoms with Crippen LogP contribution in [0, 0.1) is 68.0 Å². The van der Waals surface area contributed by atoms with E-state index >= 15 is 0 Å². The highest BCUT2D eigenvalue weighted by Gasteiger charge is 2.71. The van der Waals surface area contributed by atoms with Crippen molar-refractivity contribution < 1.29 is 38.9 Å². The third kappa shape index (κ3) is 6.71. The van der Waals surface area contributed by atoms with Gasteiger partial charge in [0.1, 0.15) is 6.10 Å². The van der Waals surface area contributed by atoms with Crippen LogP contribution in [0.3, 0.4) is 0 Å². The summed E-state index contributed by atoms with van der Waals surface area (Å²) in [7, 11) is 0. The fraction of sp³-hybridized carbons (Fsp3) is 0.729. The molecule has 2 amide bonds. The Hall–Kier alpha value is -3.24. The molecule has 6 aliphatic rings. The van der Waals surface area contributed by atoms with Crippen LogP contribution in [0.2, 0.25) is 5.02 Å². The van der Waals surface area contributed by atoms with E-state index in [2.05, 4.69) is 59.1 Å². The zero-order valence-electron chi connectivity index (χ0n) is 36.6. The number of esters is 1. The van der Waals surface area contributed by atoms with E-state index in [-0.39, 0.29) is 70.9 Å². The van der Waals surface area contributed by atoms with Crippen molar-refractivity contribution >= 4 is 41.1 Å². The average molecular weight is 836 g/mol. The standard InChI is InChI=1S/C48H67ClN2O8/c1-26(2)38-32(52)23-48(35(53)24-50-37(54)25-51-40(55)27-10-12-28(49)13-11-27)21-20-46(8)29(39(38)48)14-15-34-45(7)18-17-36(44(5,6)33(45)16-19-47(34,46)9)59-42(58)31-22-30(41(56)57)43(31,3)4/h10-13,26,29-31,33-36,53H,14-25H2,1-9H3,(H,50,54)(H,51,55)(H,56,57)/t29-,30+,31-,33+,34-,35+,36+,45+,46-,47-,48+/m1/s1. The van der Waals surface area contributed by atoms with Crippen LogP contribution in [0.1, 0.15) is 137 Å². The summed E-state index contributed by atoms with van der Waals surface area (Å²) in [5.74, 6) is -1.86. The van der Waals surface area contributed by atoms with E-state index in [9.17, 15) is 34.2 Å². The number of carboxylic acid groups (broad SMARTS) is 1. The minimum absolute atomic E-state index is 0.00434. The van der Waals surface area contributed by atoms with Crippen molar-refractivity contribution in [2.75, 3.05) is 13.1 Å². The van der Waals surface area contributed by atoms with E-state index < -0.39 is 46.6 Å². The van der Waals surface area contributed by atoms with Crippen molar-refractivity contribution in [2.24, 2.45) is 68.0 Å². The van der Waals surface area contributed by atoms with Crippen LogP contribution in [0.5, 0.6) is 0 Å². The largest absolute Gasteiger partial charge is 0.481 e. The van der Waals surface area contributed by atoms with E-state index in [1.165, 1.54) is 0 Å². The van der Waals surface area contributed by atoms with Crippen molar-refractivity contribution in [1.82, 2.24) is 10.6 Å². The van der Waals surface area contributed by atoms with Gasteiger partial charge in [0.15, 0.2) is 5.78 Å². The summed E-state index contributed by atoms with van der Waals surface area (Å²) in [4.78, 5) is 65.1. The summed E-state index contributed by atoms with van der Waals surface area (Å²) >= 11 is 5.95. The molecule has 6 aliphatic carbocycles. The number of hydrogen-bond donors (Lipinski definition) is 4. The van der Waals surface area contributed by atoms with Gasteiger partial charge in [-0.05, 0) is 133 Å². The van der Waals surface area contributed by atoms with Crippen molar-refractivity contribution in [3.05, 3.63) is 46.0 Å². The van der Waals surface area contributed by atoms with Crippen LogP contribution in [0.4, 0.5) is 0 Å². The van der Waals surface area contributed by atoms with Gasteiger partial charge in [0.2, 0.25) is 5.91 Å². The zero-order valence-corrected chi connectivity index (χ0v) is 37.4. The van der Waals surface area contributed by atoms with Gasteiger partial charge < -0.3 is 25.6 Å². The Morgan fingerprint density at radius 2 is 1.51 bits per heavy atom. The first kappa shape index (κ1) is 43.8. The summed E-state index contributed by atoms with van der Waals surface area (Å²) < 4.78 is 6.40. The number of rotatable bonds is 10. The molecule has 7 rings (SSSR count). The second-order valence-electron chi connectivity index (χ2n) is 21.6. The number of Topliss-reactive ketones (excluding diaryl/α,β-unsaturated/α-hetero) is 1. The van der Waals surface area contributed by atoms with Crippen LogP contribution in [-0.2, 0) is 23.9 Å². The maximum Gasteiger partial charge on any atom is 0.309 e. The number of fused-ring (bicyclic) bond motifs is 7. The van der Waals surface area contributed by atoms with Gasteiger partial charge >= 0.3 is 11.9 Å². The predicted octanol–water partition coefficient (Wildman–Crippen LogP) is 8.19. The smallest absolute Gasteiger partial charge is 0.309 e. The minimum atomic E-state index is -0.962. The Kier molecular flexibility index (Phi) is 11.1. The van der Waals surface area contributed by atoms with Crippen LogP contribution in [-0.4, -0.2) is 65.0 Å². The number of amides is 2. The molecular weight excluding hydrogens is 768 g/mol. The summed E-state index contributed by atoms with van der Waals surface area (Å²) in [6, 6.07) is 6.42. The first-order valence-electron chi connectivity index (χ1n) is 22.1. The molecule has 0 heterocycles. The number of allylic oxidation sites excluding steroid dienone is 1. The maximum atomic E-state index is 14.1. The second-order valence-corrected chi connectivity index (χ2v) is 22.1. The van der Waals surface area contributed by atoms with Crippen LogP contribution >= 0.6 is 11.6 Å². The number of ketones is 1. The molecule has 0 unspecified atom stereocenters. The number of halogens is 1. The molecule has 1 aromatic carbocycles. The van der Waals surface area contributed by atoms with Gasteiger partial charge in [0, 0.05) is 34.4 Å². The number of carbonyl (C=O) groups excluding carboxylic acids is 4. The number of aliphatic hydroxyl groups is 1. The molecule has 0 aliphatic heterocycles. The fourth-order valence-corrected chi connectivity index (χ4v) is 14.7. The molecule has 10 nitrogen and oxygen atoms in total. The highest BCUT2D eigenvalue weighted by atomic mass is 35.5. The molecule has 0 aromatic heterocycles. The van der Waals surface area contributed by atoms with Gasteiger partial charge in [-0.25, -0.2) is 0 Å². The molecule has 0 spiro atoms. The van der Waals surface area contributed by atoms with E-state index in [0.717, 1.165) is 56.1 Å². The summed E-state index contributed by atoms with van der Waals surface area (Å²) in [6.07, 6.45) is 6.60. The van der Waals surface area contributed by atoms with E-state index in [1.807, 2.05) is 13.8 Å². The van der Waals surface area contributed by atoms with Gasteiger partial charge in [-0.2, -0.15) is 0 Å². The minimum Gasteiger partial charge on any atom is -0.481 e. The number of nitrogens with one attached hydrogen (secondary N) is 2. The quantitative estimate of drug-likeness (QED) is 0.172. The number of aliphatic hydroxyl groups excluding tert-OH is 1. The van der Waals surface area contributed by atoms with E-state index in [4.69, 9.17) is 16.3 Å². The summed E-state index contributed by atoms with van der Waals surface area (Å²) in [6.45, 7) is 19.7. The van der Waals surface area contributed by atoms with Gasteiger partial charge in [-0.3, -0.25) is 24.0 Å². The first-order valence-corrected chi connectivity index (χ1v) is 22.5. The lowest BCUT2D eigenvalue weighted by molar-refractivity contribution is -0.238. The predicted molar refractivity (Wildman–Crippen MR) is 225 cm³/mol. The summed E-state index contributed by atoms with van der Waals surface area (Å²) in [5, 5.41) is 27.8. The van der Waals surface area contributed by atoms with Crippen molar-refractivity contribution in [1.29, 1.82) is 0 Å². The third-order valence-electron chi connectivity index (χ3n) is 18.2. The fourth-order valence-electron chi connectivity index (χ4n) is 14.6. The number of ether oxygens (including phenoxy) is 1. The van der Waals surface area contributed by atoms with Crippen molar-refractivity contribution in [2.45, 2.75) is 139 Å². The van der Waals surface area contributed by atoms with Gasteiger partial charge in [-0.1, -0.05) is 79.5 Å². The highest BCUT2D eigenvalue weighted by Crippen LogP contribution is 2.77. The van der Waals surface area contributed by atoms with Gasteiger partial charge in [0.05, 0.1) is 24.5 Å². The lowest BCUT2D eigenvalue weighted by Crippen LogP contribution is -2.66. The van der Waals surface area contributed by atoms with Crippen molar-refractivity contribution in [3.8, 4) is 0 Å². The zero-order chi connectivity index (χ0) is 43.2. The molecule has 1 aromatic rings. The number of benzene rings is 1. The van der Waals surface area contributed by atoms with E-state index in [1.54, 1.807) is 24.3 Å². The molecule has 4 N–H and O–H groups in total. The third-order valence-corrected chi connectivity index (χ3v) is 18.4. The molecule has 59 heavy (non-hydrogen) atoms. The maximum absolute atomic E-state index is 14.1. The normalized spacial score (nSPS) is 38.5. The number of carbonyl (C=O) groups is 5. The van der Waals surface area contributed by atoms with Crippen molar-refractivity contribution in [3.63, 3.8) is 0 Å². The van der Waals surface area contributed by atoms with Crippen LogP contribution in [0.25, 0.3) is 0 Å². The lowest BCUT2D eigenvalue weighted by atomic mass is 9.33. The molecule has 0 bridgehead atoms. The van der Waals surface area contributed by atoms with Crippen LogP contribution < -0.4 is 10.6 Å². The Morgan fingerprint density at radius 3 is 2.14 bits per heavy atom. The second kappa shape index (κ2) is 15.0. The monoisotopic (exact) mass is 834 g/mol. The average Bonchev–Trinajstić information content (AvgIpc) is 3.47. The van der Waals surface area contributed by atoms with Gasteiger partial charge in [-0.15, -0.1) is 0 Å². The number of carboxylic acids is 1. The number of aliphatic carboxylic acids is 1. The van der Waals surface area contributed by atoms with Crippen LogP contribution in [0.15, 0.2) is 35.4 Å².